The van der Waals surface area contributed by atoms with Crippen LogP contribution in [0.2, 0.25) is 0 Å². The molecule has 0 radical (unpaired) electrons. The molecular formula is C49H53F2N11O5. The number of aromatic nitrogens is 6. The zero-order chi connectivity index (χ0) is 47.2. The van der Waals surface area contributed by atoms with Gasteiger partial charge in [-0.2, -0.15) is 9.61 Å². The number of amides is 2. The van der Waals surface area contributed by atoms with E-state index >= 15 is 4.39 Å². The monoisotopic (exact) mass is 913 g/mol. The first-order valence-electron chi connectivity index (χ1n) is 22.4. The standard InChI is InChI=1S/C49H53F2N11O5/c1-5-32-26-57-62-41(54-25-31-9-8-15-53-24-31)23-42(59-47(32)62)61-16-7-6-10-36(61)22-43(63)67-27-29(2)49(65)60(4)17-18-66-45-44(55-28-56-46(45)52)38-20-35(50)21-40(30(38)3)58-48(64)37-14-13-34(19-39(37)51)33-11-12-33/h8-9,13-15,19-21,23-24,26,28,33,36,54H,2,5-7,10-12,16-18,22,25,27H2,1,3-4H3,(H,58,64)(H2,52,55,56)/t36-/m0/s1. The van der Waals surface area contributed by atoms with Crippen LogP contribution in [0.3, 0.4) is 0 Å². The quantitative estimate of drug-likeness (QED) is 0.0569. The summed E-state index contributed by atoms with van der Waals surface area (Å²) in [5, 5.41) is 10.7. The lowest BCUT2D eigenvalue weighted by Gasteiger charge is -2.36. The highest BCUT2D eigenvalue weighted by Gasteiger charge is 2.29. The average molecular weight is 914 g/mol. The van der Waals surface area contributed by atoms with Crippen molar-refractivity contribution >= 4 is 46.6 Å². The molecule has 2 aliphatic rings. The number of benzene rings is 2. The third-order valence-electron chi connectivity index (χ3n) is 12.2. The summed E-state index contributed by atoms with van der Waals surface area (Å²) in [6.45, 7) is 8.51. The summed E-state index contributed by atoms with van der Waals surface area (Å²) in [6, 6.07) is 12.6. The number of nitrogens with one attached hydrogen (secondary N) is 2. The molecule has 2 fully saturated rings. The maximum Gasteiger partial charge on any atom is 0.308 e. The third kappa shape index (κ3) is 10.6. The van der Waals surface area contributed by atoms with Gasteiger partial charge in [0.25, 0.3) is 11.8 Å². The van der Waals surface area contributed by atoms with Gasteiger partial charge in [0.15, 0.2) is 17.2 Å². The van der Waals surface area contributed by atoms with E-state index in [9.17, 15) is 18.8 Å². The van der Waals surface area contributed by atoms with Crippen LogP contribution in [-0.4, -0.2) is 91.6 Å². The van der Waals surface area contributed by atoms with Crippen molar-refractivity contribution in [3.05, 3.63) is 125 Å². The summed E-state index contributed by atoms with van der Waals surface area (Å²) in [5.74, 6) is -1.22. The molecule has 4 N–H and O–H groups in total. The molecule has 0 bridgehead atoms. The molecule has 6 aromatic rings. The Morgan fingerprint density at radius 3 is 2.64 bits per heavy atom. The molecule has 0 unspecified atom stereocenters. The topological polar surface area (TPSA) is 195 Å². The number of nitrogen functional groups attached to an aromatic ring is 1. The number of pyridine rings is 1. The van der Waals surface area contributed by atoms with E-state index in [2.05, 4.69) is 49.1 Å². The van der Waals surface area contributed by atoms with Crippen LogP contribution in [-0.2, 0) is 27.3 Å². The summed E-state index contributed by atoms with van der Waals surface area (Å²) < 4.78 is 43.6. The van der Waals surface area contributed by atoms with Crippen molar-refractivity contribution in [2.45, 2.75) is 77.3 Å². The number of hydrogen-bond acceptors (Lipinski definition) is 13. The van der Waals surface area contributed by atoms with Crippen LogP contribution in [0.4, 0.5) is 31.9 Å². The van der Waals surface area contributed by atoms with Crippen LogP contribution in [0.15, 0.2) is 85.6 Å². The molecule has 5 heterocycles. The molecule has 1 saturated heterocycles. The third-order valence-corrected chi connectivity index (χ3v) is 12.2. The minimum atomic E-state index is -0.735. The Labute approximate surface area is 386 Å². The molecule has 4 aromatic heterocycles. The average Bonchev–Trinajstić information content (AvgIpc) is 4.10. The smallest absolute Gasteiger partial charge is 0.308 e. The molecule has 1 aliphatic heterocycles. The van der Waals surface area contributed by atoms with E-state index < -0.39 is 29.4 Å². The fourth-order valence-corrected chi connectivity index (χ4v) is 8.22. The Bertz CT molecular complexity index is 2820. The number of carbonyl (C=O) groups excluding carboxylic acids is 3. The van der Waals surface area contributed by atoms with Gasteiger partial charge in [0, 0.05) is 67.0 Å². The maximum atomic E-state index is 15.2. The second-order valence-corrected chi connectivity index (χ2v) is 16.9. The van der Waals surface area contributed by atoms with Gasteiger partial charge in [-0.25, -0.2) is 23.7 Å². The van der Waals surface area contributed by atoms with Crippen LogP contribution in [0.25, 0.3) is 16.9 Å². The fraction of sp³-hybridized carbons (Fsp3) is 0.347. The zero-order valence-electron chi connectivity index (χ0n) is 37.7. The highest BCUT2D eigenvalue weighted by molar-refractivity contribution is 6.05. The van der Waals surface area contributed by atoms with E-state index in [-0.39, 0.29) is 71.9 Å². The molecule has 1 atom stereocenters. The molecular weight excluding hydrogens is 861 g/mol. The van der Waals surface area contributed by atoms with E-state index in [1.807, 2.05) is 30.6 Å². The number of nitrogens with zero attached hydrogens (tertiary/aromatic N) is 8. The molecule has 8 rings (SSSR count). The predicted octanol–water partition coefficient (Wildman–Crippen LogP) is 7.44. The number of likely N-dealkylation sites (N-methyl/N-ethyl adjacent to an activating group) is 1. The lowest BCUT2D eigenvalue weighted by molar-refractivity contribution is -0.143. The Morgan fingerprint density at radius 1 is 1.04 bits per heavy atom. The van der Waals surface area contributed by atoms with E-state index in [4.69, 9.17) is 20.2 Å². The number of piperidine rings is 1. The number of ether oxygens (including phenoxy) is 2. The molecule has 2 amide bonds. The zero-order valence-corrected chi connectivity index (χ0v) is 37.7. The second-order valence-electron chi connectivity index (χ2n) is 16.9. The van der Waals surface area contributed by atoms with Crippen LogP contribution in [0.5, 0.6) is 5.75 Å². The van der Waals surface area contributed by atoms with Crippen LogP contribution >= 0.6 is 0 Å². The highest BCUT2D eigenvalue weighted by Crippen LogP contribution is 2.41. The fourth-order valence-electron chi connectivity index (χ4n) is 8.22. The van der Waals surface area contributed by atoms with Crippen molar-refractivity contribution < 1.29 is 32.6 Å². The molecule has 1 saturated carbocycles. The number of aryl methyl sites for hydroxylation is 1. The largest absolute Gasteiger partial charge is 0.486 e. The van der Waals surface area contributed by atoms with Crippen LogP contribution in [0.1, 0.15) is 84.0 Å². The number of nitrogens with two attached hydrogens (primary N) is 1. The molecule has 18 heteroatoms. The van der Waals surface area contributed by atoms with Crippen molar-refractivity contribution in [3.8, 4) is 17.0 Å². The number of rotatable bonds is 18. The summed E-state index contributed by atoms with van der Waals surface area (Å²) in [7, 11) is 1.55. The first-order valence-corrected chi connectivity index (χ1v) is 22.4. The molecule has 2 aromatic carbocycles. The van der Waals surface area contributed by atoms with Crippen molar-refractivity contribution in [2.75, 3.05) is 54.6 Å². The van der Waals surface area contributed by atoms with Crippen molar-refractivity contribution in [1.29, 1.82) is 0 Å². The molecule has 16 nitrogen and oxygen atoms in total. The maximum absolute atomic E-state index is 15.2. The van der Waals surface area contributed by atoms with Gasteiger partial charge in [-0.05, 0) is 98.4 Å². The first-order chi connectivity index (χ1) is 32.4. The van der Waals surface area contributed by atoms with Gasteiger partial charge < -0.3 is 35.6 Å². The van der Waals surface area contributed by atoms with Crippen LogP contribution < -0.4 is 26.0 Å². The van der Waals surface area contributed by atoms with Gasteiger partial charge in [-0.1, -0.05) is 25.6 Å². The summed E-state index contributed by atoms with van der Waals surface area (Å²) in [6.07, 6.45) is 12.0. The lowest BCUT2D eigenvalue weighted by atomic mass is 9.99. The Morgan fingerprint density at radius 2 is 1.88 bits per heavy atom. The van der Waals surface area contributed by atoms with Crippen LogP contribution in [0, 0.1) is 18.6 Å². The number of hydrogen-bond donors (Lipinski definition) is 3. The van der Waals surface area contributed by atoms with Crippen molar-refractivity contribution in [2.24, 2.45) is 0 Å². The van der Waals surface area contributed by atoms with Gasteiger partial charge in [0.2, 0.25) is 0 Å². The predicted molar refractivity (Wildman–Crippen MR) is 250 cm³/mol. The van der Waals surface area contributed by atoms with Crippen molar-refractivity contribution in [1.82, 2.24) is 34.4 Å². The molecule has 67 heavy (non-hydrogen) atoms. The normalized spacial score (nSPS) is 14.7. The molecule has 348 valence electrons. The Kier molecular flexibility index (Phi) is 14.0. The van der Waals surface area contributed by atoms with E-state index in [1.165, 1.54) is 29.4 Å². The minimum Gasteiger partial charge on any atom is -0.486 e. The first kappa shape index (κ1) is 46.0. The molecule has 1 aliphatic carbocycles. The number of esters is 1. The number of halogens is 2. The van der Waals surface area contributed by atoms with Gasteiger partial charge >= 0.3 is 5.97 Å². The Balaban J connectivity index is 0.863. The minimum absolute atomic E-state index is 0.0314. The molecule has 0 spiro atoms. The number of fused-ring (bicyclic) bond motifs is 1. The van der Waals surface area contributed by atoms with Crippen molar-refractivity contribution in [3.63, 3.8) is 0 Å². The summed E-state index contributed by atoms with van der Waals surface area (Å²) >= 11 is 0. The van der Waals surface area contributed by atoms with E-state index in [1.54, 1.807) is 30.8 Å². The summed E-state index contributed by atoms with van der Waals surface area (Å²) in [4.78, 5) is 61.0. The number of carbonyl (C=O) groups is 3. The Hall–Kier alpha value is -7.50. The van der Waals surface area contributed by atoms with Gasteiger partial charge in [0.05, 0.1) is 24.7 Å². The van der Waals surface area contributed by atoms with Gasteiger partial charge in [0.1, 0.15) is 48.5 Å². The lowest BCUT2D eigenvalue weighted by Crippen LogP contribution is -2.42. The van der Waals surface area contributed by atoms with E-state index in [0.29, 0.717) is 24.6 Å². The van der Waals surface area contributed by atoms with Gasteiger partial charge in [-0.15, -0.1) is 0 Å². The second kappa shape index (κ2) is 20.3. The SMILES string of the molecule is C=C(COC(=O)C[C@@H]1CCCCN1c1cc(NCc2cccnc2)n2ncc(CC)c2n1)C(=O)N(C)CCOc1c(N)ncnc1-c1cc(F)cc(NC(=O)c2ccc(C3CC3)cc2F)c1C. The van der Waals surface area contributed by atoms with Gasteiger partial charge in [-0.3, -0.25) is 19.4 Å². The number of anilines is 4. The van der Waals surface area contributed by atoms with E-state index in [0.717, 1.165) is 78.6 Å². The summed E-state index contributed by atoms with van der Waals surface area (Å²) in [5.41, 5.74) is 10.6. The highest BCUT2D eigenvalue weighted by atomic mass is 19.1.